The van der Waals surface area contributed by atoms with E-state index in [-0.39, 0.29) is 0 Å². The van der Waals surface area contributed by atoms with Gasteiger partial charge in [-0.3, -0.25) is 0 Å². The average Bonchev–Trinajstić information content (AvgIpc) is 2.67. The SMILES string of the molecule is CCOC(=O)c1nc2c(cc1NC(=S)NCc1ccccc1)CCCC2. The second kappa shape index (κ2) is 8.76. The molecule has 1 aliphatic rings. The highest BCUT2D eigenvalue weighted by atomic mass is 32.1. The van der Waals surface area contributed by atoms with Crippen LogP contribution < -0.4 is 10.6 Å². The fourth-order valence-corrected chi connectivity index (χ4v) is 3.21. The number of nitrogens with zero attached hydrogens (tertiary/aromatic N) is 1. The number of nitrogens with one attached hydrogen (secondary N) is 2. The second-order valence-electron chi connectivity index (χ2n) is 6.21. The van der Waals surface area contributed by atoms with Crippen molar-refractivity contribution in [3.8, 4) is 0 Å². The molecule has 1 aliphatic carbocycles. The van der Waals surface area contributed by atoms with Gasteiger partial charge in [0.2, 0.25) is 0 Å². The molecule has 0 unspecified atom stereocenters. The minimum absolute atomic E-state index is 0.302. The fourth-order valence-electron chi connectivity index (χ4n) is 3.03. The van der Waals surface area contributed by atoms with Crippen LogP contribution in [0.4, 0.5) is 5.69 Å². The zero-order valence-electron chi connectivity index (χ0n) is 14.9. The summed E-state index contributed by atoms with van der Waals surface area (Å²) in [5.41, 5.74) is 4.21. The number of pyridine rings is 1. The number of hydrogen-bond donors (Lipinski definition) is 2. The largest absolute Gasteiger partial charge is 0.461 e. The Morgan fingerprint density at radius 1 is 1.23 bits per heavy atom. The van der Waals surface area contributed by atoms with Gasteiger partial charge in [-0.05, 0) is 62.0 Å². The number of carbonyl (C=O) groups excluding carboxylic acids is 1. The van der Waals surface area contributed by atoms with Crippen LogP contribution >= 0.6 is 12.2 Å². The van der Waals surface area contributed by atoms with E-state index >= 15 is 0 Å². The summed E-state index contributed by atoms with van der Waals surface area (Å²) in [6.45, 7) is 2.71. The Hall–Kier alpha value is -2.47. The molecule has 2 N–H and O–H groups in total. The van der Waals surface area contributed by atoms with Crippen molar-refractivity contribution in [2.24, 2.45) is 0 Å². The molecule has 3 rings (SSSR count). The van der Waals surface area contributed by atoms with Gasteiger partial charge in [0, 0.05) is 12.2 Å². The lowest BCUT2D eigenvalue weighted by Gasteiger charge is -2.19. The maximum Gasteiger partial charge on any atom is 0.359 e. The monoisotopic (exact) mass is 369 g/mol. The number of benzene rings is 1. The van der Waals surface area contributed by atoms with Crippen LogP contribution in [0.5, 0.6) is 0 Å². The van der Waals surface area contributed by atoms with E-state index in [1.165, 1.54) is 5.56 Å². The lowest BCUT2D eigenvalue weighted by molar-refractivity contribution is 0.0520. The Bertz CT molecular complexity index is 793. The Morgan fingerprint density at radius 3 is 2.77 bits per heavy atom. The summed E-state index contributed by atoms with van der Waals surface area (Å²) < 4.78 is 5.17. The normalized spacial score (nSPS) is 12.8. The number of ether oxygens (including phenoxy) is 1. The van der Waals surface area contributed by atoms with Crippen molar-refractivity contribution in [2.45, 2.75) is 39.2 Å². The zero-order valence-corrected chi connectivity index (χ0v) is 15.7. The first-order chi connectivity index (χ1) is 12.7. The van der Waals surface area contributed by atoms with Crippen LogP contribution in [0.15, 0.2) is 36.4 Å². The van der Waals surface area contributed by atoms with Gasteiger partial charge in [0.1, 0.15) is 0 Å². The summed E-state index contributed by atoms with van der Waals surface area (Å²) in [5.74, 6) is -0.422. The number of aromatic nitrogens is 1. The molecule has 6 heteroatoms. The van der Waals surface area contributed by atoms with Gasteiger partial charge in [0.05, 0.1) is 12.3 Å². The third kappa shape index (κ3) is 4.58. The van der Waals surface area contributed by atoms with Crippen LogP contribution in [0.3, 0.4) is 0 Å². The Balaban J connectivity index is 1.76. The van der Waals surface area contributed by atoms with Crippen molar-refractivity contribution >= 4 is 29.0 Å². The average molecular weight is 369 g/mol. The van der Waals surface area contributed by atoms with Gasteiger partial charge in [0.25, 0.3) is 0 Å². The van der Waals surface area contributed by atoms with Crippen LogP contribution in [0.25, 0.3) is 0 Å². The first-order valence-electron chi connectivity index (χ1n) is 8.96. The van der Waals surface area contributed by atoms with Crippen molar-refractivity contribution in [1.82, 2.24) is 10.3 Å². The summed E-state index contributed by atoms with van der Waals surface area (Å²) >= 11 is 5.40. The van der Waals surface area contributed by atoms with Crippen LogP contribution in [0.2, 0.25) is 0 Å². The van der Waals surface area contributed by atoms with Gasteiger partial charge in [-0.2, -0.15) is 0 Å². The first-order valence-corrected chi connectivity index (χ1v) is 9.37. The molecule has 0 aliphatic heterocycles. The van der Waals surface area contributed by atoms with E-state index in [1.54, 1.807) is 6.92 Å². The summed E-state index contributed by atoms with van der Waals surface area (Å²) in [7, 11) is 0. The molecule has 0 spiro atoms. The van der Waals surface area contributed by atoms with E-state index in [2.05, 4.69) is 15.6 Å². The number of fused-ring (bicyclic) bond motifs is 1. The van der Waals surface area contributed by atoms with Gasteiger partial charge in [-0.1, -0.05) is 30.3 Å². The minimum atomic E-state index is -0.422. The van der Waals surface area contributed by atoms with Crippen molar-refractivity contribution in [3.05, 3.63) is 58.9 Å². The molecule has 0 atom stereocenters. The highest BCUT2D eigenvalue weighted by Gasteiger charge is 2.21. The molecule has 26 heavy (non-hydrogen) atoms. The second-order valence-corrected chi connectivity index (χ2v) is 6.62. The molecule has 1 heterocycles. The molecular weight excluding hydrogens is 346 g/mol. The lowest BCUT2D eigenvalue weighted by Crippen LogP contribution is -2.29. The van der Waals surface area contributed by atoms with E-state index in [1.807, 2.05) is 36.4 Å². The molecule has 0 amide bonds. The summed E-state index contributed by atoms with van der Waals surface area (Å²) in [6.07, 6.45) is 4.12. The van der Waals surface area contributed by atoms with Gasteiger partial charge in [-0.15, -0.1) is 0 Å². The maximum absolute atomic E-state index is 12.3. The topological polar surface area (TPSA) is 63.2 Å². The predicted molar refractivity (Wildman–Crippen MR) is 106 cm³/mol. The van der Waals surface area contributed by atoms with Crippen molar-refractivity contribution in [3.63, 3.8) is 0 Å². The van der Waals surface area contributed by atoms with E-state index in [0.29, 0.717) is 29.6 Å². The van der Waals surface area contributed by atoms with Crippen LogP contribution in [-0.2, 0) is 24.1 Å². The number of thiocarbonyl (C=S) groups is 1. The number of carbonyl (C=O) groups is 1. The Labute approximate surface area is 159 Å². The van der Waals surface area contributed by atoms with E-state index in [9.17, 15) is 4.79 Å². The van der Waals surface area contributed by atoms with Gasteiger partial charge in [0.15, 0.2) is 10.8 Å². The van der Waals surface area contributed by atoms with Crippen molar-refractivity contribution < 1.29 is 9.53 Å². The molecule has 0 radical (unpaired) electrons. The first kappa shape index (κ1) is 18.3. The molecule has 136 valence electrons. The summed E-state index contributed by atoms with van der Waals surface area (Å²) in [4.78, 5) is 16.9. The molecular formula is C20H23N3O2S. The quantitative estimate of drug-likeness (QED) is 0.620. The van der Waals surface area contributed by atoms with Crippen LogP contribution in [0, 0.1) is 0 Å². The molecule has 1 aromatic heterocycles. The lowest BCUT2D eigenvalue weighted by atomic mass is 9.95. The highest BCUT2D eigenvalue weighted by Crippen LogP contribution is 2.25. The third-order valence-corrected chi connectivity index (χ3v) is 4.56. The third-order valence-electron chi connectivity index (χ3n) is 4.31. The Morgan fingerprint density at radius 2 is 2.00 bits per heavy atom. The molecule has 2 aromatic rings. The van der Waals surface area contributed by atoms with Gasteiger partial charge in [-0.25, -0.2) is 9.78 Å². The van der Waals surface area contributed by atoms with Crippen LogP contribution in [-0.4, -0.2) is 22.7 Å². The number of anilines is 1. The molecule has 0 bridgehead atoms. The number of esters is 1. The molecule has 1 aromatic carbocycles. The zero-order chi connectivity index (χ0) is 18.4. The summed E-state index contributed by atoms with van der Waals surface area (Å²) in [5, 5.41) is 6.75. The molecule has 0 fully saturated rings. The molecule has 5 nitrogen and oxygen atoms in total. The number of hydrogen-bond acceptors (Lipinski definition) is 4. The molecule has 0 saturated carbocycles. The highest BCUT2D eigenvalue weighted by molar-refractivity contribution is 7.80. The minimum Gasteiger partial charge on any atom is -0.461 e. The van der Waals surface area contributed by atoms with Crippen molar-refractivity contribution in [1.29, 1.82) is 0 Å². The smallest absolute Gasteiger partial charge is 0.359 e. The van der Waals surface area contributed by atoms with Crippen LogP contribution in [0.1, 0.15) is 47.1 Å². The summed E-state index contributed by atoms with van der Waals surface area (Å²) in [6, 6.07) is 12.0. The fraction of sp³-hybridized carbons (Fsp3) is 0.350. The standard InChI is InChI=1S/C20H23N3O2S/c1-2-25-19(24)18-17(12-15-10-6-7-11-16(15)22-18)23-20(26)21-13-14-8-4-3-5-9-14/h3-5,8-9,12H,2,6-7,10-11,13H2,1H3,(H2,21,23,26). The van der Waals surface area contributed by atoms with E-state index < -0.39 is 5.97 Å². The maximum atomic E-state index is 12.3. The van der Waals surface area contributed by atoms with Gasteiger partial charge < -0.3 is 15.4 Å². The van der Waals surface area contributed by atoms with E-state index in [0.717, 1.165) is 36.9 Å². The molecule has 0 saturated heterocycles. The number of aryl methyl sites for hydroxylation is 2. The Kier molecular flexibility index (Phi) is 6.17. The van der Waals surface area contributed by atoms with Gasteiger partial charge >= 0.3 is 5.97 Å². The van der Waals surface area contributed by atoms with E-state index in [4.69, 9.17) is 17.0 Å². The van der Waals surface area contributed by atoms with Crippen molar-refractivity contribution in [2.75, 3.05) is 11.9 Å². The number of rotatable bonds is 5. The predicted octanol–water partition coefficient (Wildman–Crippen LogP) is 3.62.